The smallest absolute Gasteiger partial charge is 0.255 e. The maximum absolute atomic E-state index is 13.1. The lowest BCUT2D eigenvalue weighted by atomic mass is 9.72. The number of fused-ring (bicyclic) bond motifs is 4. The van der Waals surface area contributed by atoms with Gasteiger partial charge in [0.05, 0.1) is 12.7 Å². The second-order valence-electron chi connectivity index (χ2n) is 8.65. The molecule has 0 aliphatic carbocycles. The first kappa shape index (κ1) is 19.2. The number of ether oxygens (including phenoxy) is 1. The molecule has 0 saturated carbocycles. The molecule has 1 aromatic heterocycles. The molecule has 2 bridgehead atoms. The van der Waals surface area contributed by atoms with Gasteiger partial charge in [-0.3, -0.25) is 9.59 Å². The molecule has 4 atom stereocenters. The van der Waals surface area contributed by atoms with Crippen LogP contribution < -0.4 is 4.74 Å². The number of amides is 2. The van der Waals surface area contributed by atoms with E-state index in [0.29, 0.717) is 42.2 Å². The molecule has 3 saturated heterocycles. The van der Waals surface area contributed by atoms with Gasteiger partial charge in [0.2, 0.25) is 11.8 Å². The van der Waals surface area contributed by atoms with Gasteiger partial charge >= 0.3 is 0 Å². The van der Waals surface area contributed by atoms with E-state index < -0.39 is 0 Å². The summed E-state index contributed by atoms with van der Waals surface area (Å²) in [7, 11) is 5.69. The van der Waals surface area contributed by atoms with Gasteiger partial charge in [0, 0.05) is 50.4 Å². The fourth-order valence-corrected chi connectivity index (χ4v) is 5.36. The first-order valence-corrected chi connectivity index (χ1v) is 10.2. The van der Waals surface area contributed by atoms with Gasteiger partial charge in [-0.25, -0.2) is 4.98 Å². The molecule has 1 aromatic rings. The first-order valence-electron chi connectivity index (χ1n) is 10.2. The summed E-state index contributed by atoms with van der Waals surface area (Å²) >= 11 is 0. The monoisotopic (exact) mass is 386 g/mol. The minimum Gasteiger partial charge on any atom is -0.481 e. The van der Waals surface area contributed by atoms with Crippen LogP contribution in [0.4, 0.5) is 0 Å². The summed E-state index contributed by atoms with van der Waals surface area (Å²) in [6.45, 7) is 2.28. The third kappa shape index (κ3) is 3.48. The number of nitrogens with zero attached hydrogens (tertiary/aromatic N) is 4. The summed E-state index contributed by atoms with van der Waals surface area (Å²) in [6, 6.07) is 3.97. The van der Waals surface area contributed by atoms with Gasteiger partial charge in [-0.1, -0.05) is 0 Å². The first-order chi connectivity index (χ1) is 13.5. The van der Waals surface area contributed by atoms with Crippen molar-refractivity contribution < 1.29 is 14.3 Å². The molecule has 4 heterocycles. The van der Waals surface area contributed by atoms with Crippen molar-refractivity contribution in [3.8, 4) is 5.88 Å². The van der Waals surface area contributed by atoms with Crippen molar-refractivity contribution in [1.82, 2.24) is 19.7 Å². The van der Waals surface area contributed by atoms with Crippen molar-refractivity contribution in [2.45, 2.75) is 37.8 Å². The number of rotatable bonds is 4. The molecule has 0 N–H and O–H groups in total. The quantitative estimate of drug-likeness (QED) is 0.785. The Morgan fingerprint density at radius 1 is 1.29 bits per heavy atom. The van der Waals surface area contributed by atoms with E-state index in [1.54, 1.807) is 25.4 Å². The van der Waals surface area contributed by atoms with E-state index in [1.165, 1.54) is 0 Å². The number of hydrogen-bond donors (Lipinski definition) is 0. The van der Waals surface area contributed by atoms with E-state index in [1.807, 2.05) is 4.90 Å². The largest absolute Gasteiger partial charge is 0.481 e. The van der Waals surface area contributed by atoms with E-state index in [2.05, 4.69) is 28.9 Å². The Morgan fingerprint density at radius 2 is 2.07 bits per heavy atom. The van der Waals surface area contributed by atoms with Gasteiger partial charge < -0.3 is 19.4 Å². The van der Waals surface area contributed by atoms with Gasteiger partial charge in [-0.05, 0) is 51.3 Å². The number of likely N-dealkylation sites (tertiary alicyclic amines) is 1. The van der Waals surface area contributed by atoms with Gasteiger partial charge in [0.1, 0.15) is 0 Å². The number of carbonyl (C=O) groups excluding carboxylic acids is 2. The maximum atomic E-state index is 13.1. The Bertz CT molecular complexity index is 736. The van der Waals surface area contributed by atoms with Crippen molar-refractivity contribution in [2.24, 2.45) is 11.8 Å². The van der Waals surface area contributed by atoms with E-state index in [-0.39, 0.29) is 18.0 Å². The summed E-state index contributed by atoms with van der Waals surface area (Å²) in [5, 5.41) is 0. The minimum absolute atomic E-state index is 0.0315. The van der Waals surface area contributed by atoms with Gasteiger partial charge in [-0.2, -0.15) is 0 Å². The van der Waals surface area contributed by atoms with Gasteiger partial charge in [0.15, 0.2) is 0 Å². The van der Waals surface area contributed by atoms with Crippen LogP contribution in [0, 0.1) is 11.8 Å². The van der Waals surface area contributed by atoms with Gasteiger partial charge in [-0.15, -0.1) is 0 Å². The number of carbonyl (C=O) groups is 2. The van der Waals surface area contributed by atoms with Crippen LogP contribution in [0.25, 0.3) is 0 Å². The minimum atomic E-state index is 0.0315. The Hall–Kier alpha value is -2.15. The molecule has 3 aliphatic heterocycles. The zero-order valence-corrected chi connectivity index (χ0v) is 17.0. The highest BCUT2D eigenvalue weighted by molar-refractivity contribution is 5.94. The average molecular weight is 386 g/mol. The summed E-state index contributed by atoms with van der Waals surface area (Å²) < 4.78 is 5.10. The summed E-state index contributed by atoms with van der Waals surface area (Å²) in [5.41, 5.74) is 0.599. The lowest BCUT2D eigenvalue weighted by Gasteiger charge is -2.57. The topological polar surface area (TPSA) is 66.0 Å². The number of methoxy groups -OCH3 is 1. The third-order valence-electron chi connectivity index (χ3n) is 6.53. The number of piperidine rings is 3. The van der Waals surface area contributed by atoms with Crippen LogP contribution >= 0.6 is 0 Å². The molecule has 0 radical (unpaired) electrons. The molecular weight excluding hydrogens is 356 g/mol. The SMILES string of the molecule is COc1ccc(C(=O)N2C[C@H]3C[C@@H](C2)[C@H](CN(C)C)N2C(=O)CCC[C@@H]32)cn1. The second kappa shape index (κ2) is 7.70. The van der Waals surface area contributed by atoms with Crippen molar-refractivity contribution in [1.29, 1.82) is 0 Å². The molecule has 0 spiro atoms. The Balaban J connectivity index is 1.57. The van der Waals surface area contributed by atoms with E-state index in [9.17, 15) is 9.59 Å². The van der Waals surface area contributed by atoms with E-state index in [0.717, 1.165) is 32.4 Å². The number of hydrogen-bond acceptors (Lipinski definition) is 5. The predicted octanol–water partition coefficient (Wildman–Crippen LogP) is 1.49. The number of likely N-dealkylation sites (N-methyl/N-ethyl adjacent to an activating group) is 1. The van der Waals surface area contributed by atoms with Crippen LogP contribution in [0.15, 0.2) is 18.3 Å². The lowest BCUT2D eigenvalue weighted by Crippen LogP contribution is -2.67. The highest BCUT2D eigenvalue weighted by Gasteiger charge is 2.50. The fourth-order valence-electron chi connectivity index (χ4n) is 5.36. The number of pyridine rings is 1. The molecular formula is C21H30N4O3. The maximum Gasteiger partial charge on any atom is 0.255 e. The average Bonchev–Trinajstić information content (AvgIpc) is 2.70. The molecule has 7 nitrogen and oxygen atoms in total. The van der Waals surface area contributed by atoms with Crippen LogP contribution in [0.1, 0.15) is 36.0 Å². The Kier molecular flexibility index (Phi) is 5.27. The molecule has 152 valence electrons. The van der Waals surface area contributed by atoms with Crippen LogP contribution in [-0.4, -0.2) is 84.4 Å². The third-order valence-corrected chi connectivity index (χ3v) is 6.53. The Morgan fingerprint density at radius 3 is 2.75 bits per heavy atom. The fraction of sp³-hybridized carbons (Fsp3) is 0.667. The van der Waals surface area contributed by atoms with Crippen molar-refractivity contribution in [2.75, 3.05) is 40.8 Å². The predicted molar refractivity (Wildman–Crippen MR) is 105 cm³/mol. The molecule has 3 fully saturated rings. The molecule has 0 unspecified atom stereocenters. The zero-order valence-electron chi connectivity index (χ0n) is 17.0. The van der Waals surface area contributed by atoms with Crippen molar-refractivity contribution in [3.63, 3.8) is 0 Å². The van der Waals surface area contributed by atoms with E-state index >= 15 is 0 Å². The summed E-state index contributed by atoms with van der Waals surface area (Å²) in [5.74, 6) is 1.54. The molecule has 28 heavy (non-hydrogen) atoms. The standard InChI is InChI=1S/C21H30N4O3/c1-23(2)13-18-16-9-15(17-5-4-6-20(26)25(17)18)11-24(12-16)21(27)14-7-8-19(28-3)22-10-14/h7-8,10,15-18H,4-6,9,11-13H2,1-3H3/t15-,16+,17+,18+/m1/s1. The van der Waals surface area contributed by atoms with Crippen LogP contribution in [0.3, 0.4) is 0 Å². The molecule has 2 amide bonds. The normalized spacial score (nSPS) is 29.6. The van der Waals surface area contributed by atoms with Gasteiger partial charge in [0.25, 0.3) is 5.91 Å². The number of aromatic nitrogens is 1. The molecule has 0 aromatic carbocycles. The van der Waals surface area contributed by atoms with E-state index in [4.69, 9.17) is 4.74 Å². The second-order valence-corrected chi connectivity index (χ2v) is 8.65. The van der Waals surface area contributed by atoms with Crippen LogP contribution in [-0.2, 0) is 4.79 Å². The highest BCUT2D eigenvalue weighted by atomic mass is 16.5. The highest BCUT2D eigenvalue weighted by Crippen LogP contribution is 2.42. The van der Waals surface area contributed by atoms with Crippen LogP contribution in [0.2, 0.25) is 0 Å². The Labute approximate surface area is 166 Å². The van der Waals surface area contributed by atoms with Crippen molar-refractivity contribution >= 4 is 11.8 Å². The summed E-state index contributed by atoms with van der Waals surface area (Å²) in [6.07, 6.45) is 5.39. The molecule has 4 rings (SSSR count). The summed E-state index contributed by atoms with van der Waals surface area (Å²) in [4.78, 5) is 36.4. The molecule has 7 heteroatoms. The van der Waals surface area contributed by atoms with Crippen molar-refractivity contribution in [3.05, 3.63) is 23.9 Å². The lowest BCUT2D eigenvalue weighted by molar-refractivity contribution is -0.152. The molecule has 3 aliphatic rings. The zero-order chi connectivity index (χ0) is 19.8. The van der Waals surface area contributed by atoms with Crippen LogP contribution in [0.5, 0.6) is 5.88 Å².